The van der Waals surface area contributed by atoms with Gasteiger partial charge in [-0.3, -0.25) is 0 Å². The summed E-state index contributed by atoms with van der Waals surface area (Å²) in [6.07, 6.45) is 0. The quantitative estimate of drug-likeness (QED) is 0.874. The molecule has 2 N–H and O–H groups in total. The van der Waals surface area contributed by atoms with E-state index in [9.17, 15) is 13.2 Å². The van der Waals surface area contributed by atoms with Gasteiger partial charge in [-0.05, 0) is 35.6 Å². The maximum Gasteiger partial charge on any atom is 0.335 e. The van der Waals surface area contributed by atoms with Crippen LogP contribution in [0.1, 0.15) is 38.1 Å². The highest BCUT2D eigenvalue weighted by molar-refractivity contribution is 7.89. The topological polar surface area (TPSA) is 83.5 Å². The number of carboxylic acids is 1. The van der Waals surface area contributed by atoms with Crippen molar-refractivity contribution in [2.75, 3.05) is 6.54 Å². The second kappa shape index (κ2) is 5.93. The molecule has 0 amide bonds. The molecule has 6 heteroatoms. The number of carboxylic acid groups (broad SMARTS) is 1. The predicted molar refractivity (Wildman–Crippen MR) is 77.2 cm³/mol. The van der Waals surface area contributed by atoms with Gasteiger partial charge in [-0.2, -0.15) is 0 Å². The third-order valence-electron chi connectivity index (χ3n) is 3.47. The Morgan fingerprint density at radius 3 is 2.15 bits per heavy atom. The van der Waals surface area contributed by atoms with E-state index in [0.29, 0.717) is 6.54 Å². The van der Waals surface area contributed by atoms with Crippen molar-refractivity contribution in [1.29, 1.82) is 0 Å². The first-order chi connectivity index (χ1) is 9.04. The molecule has 0 saturated heterocycles. The molecule has 1 atom stereocenters. The van der Waals surface area contributed by atoms with E-state index in [-0.39, 0.29) is 21.8 Å². The maximum atomic E-state index is 12.1. The normalized spacial score (nSPS) is 14.0. The zero-order valence-electron chi connectivity index (χ0n) is 12.2. The number of hydrogen-bond donors (Lipinski definition) is 2. The summed E-state index contributed by atoms with van der Waals surface area (Å²) in [7, 11) is -3.60. The van der Waals surface area contributed by atoms with E-state index in [0.717, 1.165) is 0 Å². The largest absolute Gasteiger partial charge is 0.478 e. The van der Waals surface area contributed by atoms with Crippen molar-refractivity contribution in [1.82, 2.24) is 4.72 Å². The molecule has 20 heavy (non-hydrogen) atoms. The van der Waals surface area contributed by atoms with Gasteiger partial charge in [-0.1, -0.05) is 27.7 Å². The highest BCUT2D eigenvalue weighted by Crippen LogP contribution is 2.24. The van der Waals surface area contributed by atoms with Gasteiger partial charge in [0.05, 0.1) is 10.5 Å². The summed E-state index contributed by atoms with van der Waals surface area (Å²) in [5, 5.41) is 8.78. The monoisotopic (exact) mass is 299 g/mol. The van der Waals surface area contributed by atoms with Crippen LogP contribution in [0.5, 0.6) is 0 Å². The lowest BCUT2D eigenvalue weighted by molar-refractivity contribution is 0.0696. The van der Waals surface area contributed by atoms with Crippen molar-refractivity contribution in [2.24, 2.45) is 11.3 Å². The van der Waals surface area contributed by atoms with Crippen LogP contribution >= 0.6 is 0 Å². The Morgan fingerprint density at radius 2 is 1.75 bits per heavy atom. The highest BCUT2D eigenvalue weighted by Gasteiger charge is 2.22. The van der Waals surface area contributed by atoms with Gasteiger partial charge in [-0.25, -0.2) is 17.9 Å². The molecular formula is C14H21NO4S. The SMILES string of the molecule is CC(CNS(=O)(=O)c1ccc(C(=O)O)cc1)C(C)(C)C. The molecule has 0 aliphatic heterocycles. The maximum absolute atomic E-state index is 12.1. The lowest BCUT2D eigenvalue weighted by Gasteiger charge is -2.27. The van der Waals surface area contributed by atoms with Crippen LogP contribution < -0.4 is 4.72 Å². The summed E-state index contributed by atoms with van der Waals surface area (Å²) in [6, 6.07) is 5.16. The van der Waals surface area contributed by atoms with Crippen molar-refractivity contribution in [3.63, 3.8) is 0 Å². The van der Waals surface area contributed by atoms with Crippen molar-refractivity contribution in [3.8, 4) is 0 Å². The van der Waals surface area contributed by atoms with Crippen LogP contribution in [-0.4, -0.2) is 26.0 Å². The Hall–Kier alpha value is -1.40. The molecule has 5 nitrogen and oxygen atoms in total. The predicted octanol–water partition coefficient (Wildman–Crippen LogP) is 2.35. The fraction of sp³-hybridized carbons (Fsp3) is 0.500. The van der Waals surface area contributed by atoms with E-state index in [1.165, 1.54) is 24.3 Å². The van der Waals surface area contributed by atoms with Gasteiger partial charge in [0.15, 0.2) is 0 Å². The number of carbonyl (C=O) groups is 1. The minimum Gasteiger partial charge on any atom is -0.478 e. The molecule has 0 heterocycles. The van der Waals surface area contributed by atoms with Gasteiger partial charge in [0.25, 0.3) is 0 Å². The molecule has 0 aliphatic carbocycles. The molecule has 1 aromatic rings. The van der Waals surface area contributed by atoms with E-state index in [1.807, 2.05) is 27.7 Å². The van der Waals surface area contributed by atoms with E-state index >= 15 is 0 Å². The summed E-state index contributed by atoms with van der Waals surface area (Å²) in [5.41, 5.74) is 0.0717. The Bertz CT molecular complexity index is 570. The van der Waals surface area contributed by atoms with Crippen LogP contribution in [-0.2, 0) is 10.0 Å². The van der Waals surface area contributed by atoms with E-state index in [4.69, 9.17) is 5.11 Å². The summed E-state index contributed by atoms with van der Waals surface area (Å²) < 4.78 is 26.7. The summed E-state index contributed by atoms with van der Waals surface area (Å²) >= 11 is 0. The van der Waals surface area contributed by atoms with Gasteiger partial charge < -0.3 is 5.11 Å². The van der Waals surface area contributed by atoms with Gasteiger partial charge in [0.2, 0.25) is 10.0 Å². The molecule has 112 valence electrons. The standard InChI is InChI=1S/C14H21NO4S/c1-10(14(2,3)4)9-15-20(18,19)12-7-5-11(6-8-12)13(16)17/h5-8,10,15H,9H2,1-4H3,(H,16,17). The molecule has 0 aromatic heterocycles. The molecular weight excluding hydrogens is 278 g/mol. The van der Waals surface area contributed by atoms with Crippen LogP contribution in [0.25, 0.3) is 0 Å². The zero-order valence-corrected chi connectivity index (χ0v) is 13.0. The molecule has 1 unspecified atom stereocenters. The third-order valence-corrected chi connectivity index (χ3v) is 4.91. The van der Waals surface area contributed by atoms with Crippen molar-refractivity contribution < 1.29 is 18.3 Å². The summed E-state index contributed by atoms with van der Waals surface area (Å²) in [5.74, 6) is -0.904. The third kappa shape index (κ3) is 4.31. The van der Waals surface area contributed by atoms with Crippen LogP contribution in [0.4, 0.5) is 0 Å². The minimum atomic E-state index is -3.60. The number of sulfonamides is 1. The second-order valence-corrected chi connectivity index (χ2v) is 7.72. The molecule has 0 radical (unpaired) electrons. The molecule has 0 bridgehead atoms. The molecule has 1 rings (SSSR count). The number of aromatic carboxylic acids is 1. The van der Waals surface area contributed by atoms with Crippen molar-refractivity contribution in [3.05, 3.63) is 29.8 Å². The molecule has 1 aromatic carbocycles. The van der Waals surface area contributed by atoms with Crippen LogP contribution in [0, 0.1) is 11.3 Å². The van der Waals surface area contributed by atoms with Gasteiger partial charge in [0, 0.05) is 6.54 Å². The minimum absolute atomic E-state index is 0.00961. The van der Waals surface area contributed by atoms with E-state index < -0.39 is 16.0 Å². The number of hydrogen-bond acceptors (Lipinski definition) is 3. The number of nitrogens with one attached hydrogen (secondary N) is 1. The summed E-state index contributed by atoms with van der Waals surface area (Å²) in [4.78, 5) is 10.8. The average molecular weight is 299 g/mol. The Labute approximate surface area is 120 Å². The Morgan fingerprint density at radius 1 is 1.25 bits per heavy atom. The first-order valence-corrected chi connectivity index (χ1v) is 7.85. The van der Waals surface area contributed by atoms with Crippen molar-refractivity contribution in [2.45, 2.75) is 32.6 Å². The highest BCUT2D eigenvalue weighted by atomic mass is 32.2. The van der Waals surface area contributed by atoms with Crippen LogP contribution in [0.3, 0.4) is 0 Å². The lowest BCUT2D eigenvalue weighted by Crippen LogP contribution is -2.33. The molecule has 0 aliphatic rings. The fourth-order valence-electron chi connectivity index (χ4n) is 1.40. The average Bonchev–Trinajstić information content (AvgIpc) is 2.35. The van der Waals surface area contributed by atoms with E-state index in [1.54, 1.807) is 0 Å². The fourth-order valence-corrected chi connectivity index (χ4v) is 2.53. The Balaban J connectivity index is 2.82. The first kappa shape index (κ1) is 16.7. The molecule has 0 spiro atoms. The number of rotatable bonds is 5. The second-order valence-electron chi connectivity index (χ2n) is 5.95. The molecule has 0 fully saturated rings. The number of benzene rings is 1. The van der Waals surface area contributed by atoms with Crippen LogP contribution in [0.2, 0.25) is 0 Å². The zero-order chi connectivity index (χ0) is 15.6. The van der Waals surface area contributed by atoms with Gasteiger partial charge in [0.1, 0.15) is 0 Å². The van der Waals surface area contributed by atoms with Gasteiger partial charge >= 0.3 is 5.97 Å². The first-order valence-electron chi connectivity index (χ1n) is 6.37. The van der Waals surface area contributed by atoms with Crippen LogP contribution in [0.15, 0.2) is 29.2 Å². The lowest BCUT2D eigenvalue weighted by atomic mass is 9.82. The van der Waals surface area contributed by atoms with E-state index in [2.05, 4.69) is 4.72 Å². The van der Waals surface area contributed by atoms with Gasteiger partial charge in [-0.15, -0.1) is 0 Å². The smallest absolute Gasteiger partial charge is 0.335 e. The molecule has 0 saturated carbocycles. The summed E-state index contributed by atoms with van der Waals surface area (Å²) in [6.45, 7) is 8.47. The van der Waals surface area contributed by atoms with Crippen molar-refractivity contribution >= 4 is 16.0 Å². The Kier molecular flexibility index (Phi) is 4.94.